The number of primary amides is 1. The molecule has 3 aliphatic heterocycles. The first-order valence-electron chi connectivity index (χ1n) is 31.5. The van der Waals surface area contributed by atoms with Crippen molar-refractivity contribution in [1.29, 1.82) is 0 Å². The van der Waals surface area contributed by atoms with E-state index < -0.39 is 177 Å². The molecule has 4 heterocycles. The van der Waals surface area contributed by atoms with Gasteiger partial charge in [-0.05, 0) is 109 Å². The first-order chi connectivity index (χ1) is 47.5. The van der Waals surface area contributed by atoms with Crippen molar-refractivity contribution in [2.45, 2.75) is 125 Å². The van der Waals surface area contributed by atoms with Gasteiger partial charge >= 0.3 is 29.6 Å². The van der Waals surface area contributed by atoms with Crippen molar-refractivity contribution in [1.82, 2.24) is 46.6 Å². The van der Waals surface area contributed by atoms with Gasteiger partial charge in [0.15, 0.2) is 11.5 Å². The van der Waals surface area contributed by atoms with Gasteiger partial charge < -0.3 is 101 Å². The van der Waals surface area contributed by atoms with Crippen LogP contribution < -0.4 is 80.8 Å². The normalized spacial score (nSPS) is 23.4. The van der Waals surface area contributed by atoms with Crippen molar-refractivity contribution >= 4 is 59.6 Å². The first-order valence-corrected chi connectivity index (χ1v) is 32.2. The van der Waals surface area contributed by atoms with Crippen LogP contribution in [0.25, 0.3) is 34.0 Å². The number of aliphatic hydroxyl groups excluding tert-OH is 6. The second-order valence-corrected chi connectivity index (χ2v) is 24.5. The van der Waals surface area contributed by atoms with E-state index in [0.29, 0.717) is 24.3 Å². The predicted molar refractivity (Wildman–Crippen MR) is 344 cm³/mol. The molecule has 100 heavy (non-hydrogen) atoms. The number of phenolic OH excluding ortho intramolecular Hbond substituents is 1. The number of rotatable bonds is 23. The quantitative estimate of drug-likeness (QED) is 0.00956. The summed E-state index contributed by atoms with van der Waals surface area (Å²) in [6, 6.07) is 22.1. The molecule has 8 amide bonds. The van der Waals surface area contributed by atoms with Crippen LogP contribution in [0.3, 0.4) is 0 Å². The number of β-amino-alcohol motifs (C(OH)–C–C–N with tert-alkyl or cyclic N) is 1. The van der Waals surface area contributed by atoms with Gasteiger partial charge in [0.05, 0.1) is 56.3 Å². The predicted octanol–water partition coefficient (Wildman–Crippen LogP) is -3.99. The fraction of sp³-hybridized carbons (Fsp3) is 0.394. The minimum Gasteiger partial charge on any atom is -0.691 e. The summed E-state index contributed by atoms with van der Waals surface area (Å²) in [4.78, 5) is 115. The van der Waals surface area contributed by atoms with Crippen molar-refractivity contribution in [3.8, 4) is 57.0 Å². The van der Waals surface area contributed by atoms with Gasteiger partial charge in [0.1, 0.15) is 47.8 Å². The molecule has 13 atom stereocenters. The van der Waals surface area contributed by atoms with Crippen molar-refractivity contribution < 1.29 is 136 Å². The van der Waals surface area contributed by atoms with Gasteiger partial charge in [0, 0.05) is 61.5 Å². The Balaban J connectivity index is 0.0000127. The van der Waals surface area contributed by atoms with Gasteiger partial charge in [0.25, 0.3) is 18.2 Å². The SMILES string of the molecule is CC(O)C1NC(=O)[C@@H](NC(=O)c2ccc(-c3nnc(-c4ccc(-c5ccc(OCCCCOc6ccccc6)cc5)cc4)o3)cc2)CC(O)CNC(=O)C2C(O)C(C)CN2C(=O)C(C(O)CC(N)=O)NC(=O)C(C(O)Cc2ccc(O)c(OSOO[O-])c2)NC(=O)C2CC(O)CN2C1=O.[Na+]. The maximum absolute atomic E-state index is 14.7. The van der Waals surface area contributed by atoms with E-state index in [1.54, 1.807) is 0 Å². The Morgan fingerprint density at radius 2 is 1.28 bits per heavy atom. The first kappa shape index (κ1) is 76.9. The minimum atomic E-state index is -2.23. The number of hydrogen-bond acceptors (Lipinski definition) is 25. The molecule has 0 bridgehead atoms. The molecule has 6 aromatic rings. The molecular formula is C66H75N10NaO22S. The third kappa shape index (κ3) is 20.0. The maximum Gasteiger partial charge on any atom is 1.00 e. The zero-order chi connectivity index (χ0) is 71.0. The molecule has 0 aliphatic carbocycles. The molecule has 5 aromatic carbocycles. The Morgan fingerprint density at radius 3 is 1.90 bits per heavy atom. The summed E-state index contributed by atoms with van der Waals surface area (Å²) in [5, 5.41) is 113. The van der Waals surface area contributed by atoms with Crippen LogP contribution in [-0.2, 0) is 49.4 Å². The molecule has 32 nitrogen and oxygen atoms in total. The van der Waals surface area contributed by atoms with E-state index in [9.17, 15) is 79.4 Å². The molecule has 34 heteroatoms. The summed E-state index contributed by atoms with van der Waals surface area (Å²) in [5.41, 5.74) is 8.28. The number of aliphatic hydroxyl groups is 6. The van der Waals surface area contributed by atoms with Crippen LogP contribution in [-0.4, -0.2) is 209 Å². The number of nitrogens with two attached hydrogens (primary N) is 1. The molecule has 3 aliphatic rings. The number of nitrogens with zero attached hydrogens (tertiary/aromatic N) is 4. The van der Waals surface area contributed by atoms with Crippen LogP contribution in [0.15, 0.2) is 126 Å². The van der Waals surface area contributed by atoms with Crippen molar-refractivity contribution in [3.63, 3.8) is 0 Å². The molecular weight excluding hydrogens is 1340 g/mol. The van der Waals surface area contributed by atoms with Gasteiger partial charge in [-0.3, -0.25) is 43.4 Å². The van der Waals surface area contributed by atoms with Crippen LogP contribution in [0.4, 0.5) is 0 Å². The average molecular weight is 1420 g/mol. The van der Waals surface area contributed by atoms with Crippen LogP contribution in [0.1, 0.15) is 61.9 Å². The summed E-state index contributed by atoms with van der Waals surface area (Å²) >= 11 is -0.0101. The van der Waals surface area contributed by atoms with Crippen molar-refractivity contribution in [3.05, 3.63) is 132 Å². The number of phenols is 1. The number of amides is 8. The van der Waals surface area contributed by atoms with E-state index in [1.807, 2.05) is 78.9 Å². The molecule has 0 spiro atoms. The van der Waals surface area contributed by atoms with Gasteiger partial charge in [-0.2, -0.15) is 0 Å². The number of hydrogen-bond donors (Lipinski definition) is 13. The molecule has 3 fully saturated rings. The summed E-state index contributed by atoms with van der Waals surface area (Å²) < 4.78 is 26.9. The number of benzene rings is 5. The number of nitrogens with one attached hydrogen (secondary N) is 5. The van der Waals surface area contributed by atoms with Crippen LogP contribution in [0.5, 0.6) is 23.0 Å². The second-order valence-electron chi connectivity index (χ2n) is 24.1. The average Bonchev–Trinajstić information content (AvgIpc) is 1.64. The van der Waals surface area contributed by atoms with E-state index >= 15 is 0 Å². The van der Waals surface area contributed by atoms with E-state index in [-0.39, 0.29) is 70.5 Å². The number of ether oxygens (including phenoxy) is 2. The number of unbranched alkanes of at least 4 members (excludes halogenated alkanes) is 1. The molecule has 3 saturated heterocycles. The van der Waals surface area contributed by atoms with E-state index in [0.717, 1.165) is 64.3 Å². The smallest absolute Gasteiger partial charge is 0.691 e. The summed E-state index contributed by atoms with van der Waals surface area (Å²) in [6.07, 6.45) is -12.2. The number of para-hydroxylation sites is 1. The monoisotopic (exact) mass is 1410 g/mol. The molecule has 14 N–H and O–H groups in total. The Hall–Kier alpha value is -8.81. The minimum absolute atomic E-state index is 0. The molecule has 9 rings (SSSR count). The summed E-state index contributed by atoms with van der Waals surface area (Å²) in [7, 11) is 0. The number of fused-ring (bicyclic) bond motifs is 2. The van der Waals surface area contributed by atoms with Crippen LogP contribution in [0, 0.1) is 5.92 Å². The standard InChI is InChI=1S/C66H76N10O22S.Na/c1-34-32-76-56(57(34)84)62(89)68-31-42(78)28-46(69-58(85)39-13-17-41(18-14-39)64-74-73-63(95-64)40-15-11-37(12-16-40)38-19-21-45(22-20-38)94-25-7-6-24-93-44-8-4-3-5-9-44)59(86)70-53(35(2)77)65(90)75-33-43(79)29-47(75)60(87)71-54(61(88)72-55(66(76)91)50(82)30-52(67)83)49(81)26-36-10-23-48(80)51(27-36)96-99-98-97-92;/h3-5,8-23,27,34-35,42-43,46-47,49-50,53-57,77-82,84,92H,6-7,24-26,28-33H2,1-2H3,(H2,67,83)(H,68,89)(H,69,85)(H,70,86)(H,71,87)(H,72,88);/q;+1/p-1/t34?,35?,42?,43?,46-,47?,49?,50?,53?,54?,55?,56?,57?;/m0./s1. The van der Waals surface area contributed by atoms with Crippen molar-refractivity contribution in [2.24, 2.45) is 11.7 Å². The maximum atomic E-state index is 14.7. The zero-order valence-corrected chi connectivity index (χ0v) is 57.2. The van der Waals surface area contributed by atoms with Crippen LogP contribution in [0.2, 0.25) is 0 Å². The third-order valence-electron chi connectivity index (χ3n) is 16.8. The Bertz CT molecular complexity index is 3790. The number of carbonyl (C=O) groups excluding carboxylic acids is 8. The third-order valence-corrected chi connectivity index (χ3v) is 17.1. The van der Waals surface area contributed by atoms with E-state index in [1.165, 1.54) is 37.3 Å². The van der Waals surface area contributed by atoms with Gasteiger partial charge in [-0.15, -0.1) is 14.5 Å². The van der Waals surface area contributed by atoms with Gasteiger partial charge in [-0.25, -0.2) is 0 Å². The molecule has 0 radical (unpaired) electrons. The molecule has 12 unspecified atom stereocenters. The molecule has 0 saturated carbocycles. The summed E-state index contributed by atoms with van der Waals surface area (Å²) in [5.74, 6) is -9.50. The fourth-order valence-electron chi connectivity index (χ4n) is 11.5. The number of aromatic nitrogens is 2. The van der Waals surface area contributed by atoms with Gasteiger partial charge in [-0.1, -0.05) is 55.5 Å². The van der Waals surface area contributed by atoms with Crippen LogP contribution >= 0.6 is 12.3 Å². The molecule has 528 valence electrons. The second kappa shape index (κ2) is 36.0. The van der Waals surface area contributed by atoms with Gasteiger partial charge in [0.2, 0.25) is 53.1 Å². The Labute approximate surface area is 598 Å². The van der Waals surface area contributed by atoms with E-state index in [2.05, 4.69) is 46.2 Å². The topological polar surface area (TPSA) is 479 Å². The summed E-state index contributed by atoms with van der Waals surface area (Å²) in [6.45, 7) is 1.91. The number of aromatic hydroxyl groups is 1. The zero-order valence-electron chi connectivity index (χ0n) is 54.4. The van der Waals surface area contributed by atoms with Crippen molar-refractivity contribution in [2.75, 3.05) is 32.8 Å². The fourth-order valence-corrected chi connectivity index (χ4v) is 11.8. The van der Waals surface area contributed by atoms with E-state index in [4.69, 9.17) is 23.8 Å². The molecule has 1 aromatic heterocycles. The largest absolute Gasteiger partial charge is 1.00 e. The Morgan fingerprint density at radius 1 is 0.700 bits per heavy atom. The Kier molecular flexibility index (Phi) is 27.7. The number of carbonyl (C=O) groups is 8.